The zero-order chi connectivity index (χ0) is 11.3. The van der Waals surface area contributed by atoms with Gasteiger partial charge < -0.3 is 4.74 Å². The Morgan fingerprint density at radius 2 is 1.67 bits per heavy atom. The molecule has 0 aliphatic rings. The van der Waals surface area contributed by atoms with Crippen LogP contribution in [0.3, 0.4) is 0 Å². The van der Waals surface area contributed by atoms with Crippen molar-refractivity contribution in [3.05, 3.63) is 29.8 Å². The van der Waals surface area contributed by atoms with E-state index in [9.17, 15) is 0 Å². The van der Waals surface area contributed by atoms with Gasteiger partial charge in [0.25, 0.3) is 0 Å². The molecule has 0 aromatic heterocycles. The lowest BCUT2D eigenvalue weighted by atomic mass is 9.97. The molecule has 15 heavy (non-hydrogen) atoms. The zero-order valence-corrected chi connectivity index (χ0v) is 10.3. The maximum atomic E-state index is 5.61. The van der Waals surface area contributed by atoms with Crippen molar-refractivity contribution < 1.29 is 4.74 Å². The number of hydrogen-bond donors (Lipinski definition) is 0. The molecule has 0 heterocycles. The topological polar surface area (TPSA) is 9.23 Å². The van der Waals surface area contributed by atoms with Gasteiger partial charge in [0.2, 0.25) is 0 Å². The first kappa shape index (κ1) is 12.1. The van der Waals surface area contributed by atoms with Gasteiger partial charge in [-0.1, -0.05) is 32.4 Å². The lowest BCUT2D eigenvalue weighted by Gasteiger charge is -2.13. The van der Waals surface area contributed by atoms with Crippen LogP contribution in [0.5, 0.6) is 5.75 Å². The molecule has 84 valence electrons. The van der Waals surface area contributed by atoms with Gasteiger partial charge in [0, 0.05) is 0 Å². The number of hydrogen-bond acceptors (Lipinski definition) is 1. The van der Waals surface area contributed by atoms with Gasteiger partial charge in [-0.15, -0.1) is 0 Å². The number of rotatable bonds is 5. The minimum atomic E-state index is 0.254. The fourth-order valence-corrected chi connectivity index (χ4v) is 1.75. The van der Waals surface area contributed by atoms with Crippen molar-refractivity contribution in [3.8, 4) is 5.75 Å². The first-order chi connectivity index (χ1) is 7.13. The fourth-order valence-electron chi connectivity index (χ4n) is 1.75. The normalized spacial score (nSPS) is 12.9. The van der Waals surface area contributed by atoms with Crippen LogP contribution in [0, 0.1) is 0 Å². The van der Waals surface area contributed by atoms with Crippen molar-refractivity contribution in [1.29, 1.82) is 0 Å². The molecular formula is C14H22O. The monoisotopic (exact) mass is 206 g/mol. The van der Waals surface area contributed by atoms with Gasteiger partial charge in [0.1, 0.15) is 5.75 Å². The average Bonchev–Trinajstić information content (AvgIpc) is 2.18. The Hall–Kier alpha value is -0.980. The molecule has 0 aliphatic heterocycles. The van der Waals surface area contributed by atoms with Gasteiger partial charge >= 0.3 is 0 Å². The van der Waals surface area contributed by atoms with Crippen LogP contribution in [0.15, 0.2) is 24.3 Å². The lowest BCUT2D eigenvalue weighted by molar-refractivity contribution is 0.242. The second-order valence-electron chi connectivity index (χ2n) is 4.43. The minimum absolute atomic E-state index is 0.254. The van der Waals surface area contributed by atoms with E-state index in [4.69, 9.17) is 4.74 Å². The van der Waals surface area contributed by atoms with Gasteiger partial charge in [-0.3, -0.25) is 0 Å². The summed E-state index contributed by atoms with van der Waals surface area (Å²) in [5.41, 5.74) is 1.41. The summed E-state index contributed by atoms with van der Waals surface area (Å²) in [6, 6.07) is 8.50. The molecule has 1 aromatic rings. The molecule has 1 atom stereocenters. The van der Waals surface area contributed by atoms with Crippen molar-refractivity contribution in [3.63, 3.8) is 0 Å². The lowest BCUT2D eigenvalue weighted by Crippen LogP contribution is -2.05. The summed E-state index contributed by atoms with van der Waals surface area (Å²) in [5, 5.41) is 0. The average molecular weight is 206 g/mol. The maximum Gasteiger partial charge on any atom is 0.119 e. The van der Waals surface area contributed by atoms with Crippen molar-refractivity contribution in [2.24, 2.45) is 0 Å². The van der Waals surface area contributed by atoms with Gasteiger partial charge in [0.05, 0.1) is 6.10 Å². The molecule has 1 heteroatoms. The highest BCUT2D eigenvalue weighted by atomic mass is 16.5. The molecule has 0 amide bonds. The van der Waals surface area contributed by atoms with Crippen LogP contribution in [0.25, 0.3) is 0 Å². The predicted octanol–water partition coefficient (Wildman–Crippen LogP) is 4.38. The Balaban J connectivity index is 2.63. The summed E-state index contributed by atoms with van der Waals surface area (Å²) in [4.78, 5) is 0. The summed E-state index contributed by atoms with van der Waals surface area (Å²) >= 11 is 0. The molecule has 0 radical (unpaired) electrons. The van der Waals surface area contributed by atoms with Crippen LogP contribution in [0.2, 0.25) is 0 Å². The summed E-state index contributed by atoms with van der Waals surface area (Å²) < 4.78 is 5.61. The van der Waals surface area contributed by atoms with E-state index in [1.807, 2.05) is 13.8 Å². The molecule has 0 N–H and O–H groups in total. The van der Waals surface area contributed by atoms with Crippen LogP contribution in [-0.2, 0) is 0 Å². The molecule has 1 rings (SSSR count). The van der Waals surface area contributed by atoms with E-state index < -0.39 is 0 Å². The molecular weight excluding hydrogens is 184 g/mol. The maximum absolute atomic E-state index is 5.61. The molecule has 1 aromatic carbocycles. The Morgan fingerprint density at radius 3 is 2.13 bits per heavy atom. The molecule has 0 spiro atoms. The van der Waals surface area contributed by atoms with E-state index in [2.05, 4.69) is 38.1 Å². The van der Waals surface area contributed by atoms with E-state index in [1.165, 1.54) is 18.4 Å². The Kier molecular flexibility index (Phi) is 4.67. The Labute approximate surface area is 93.5 Å². The third-order valence-electron chi connectivity index (χ3n) is 2.54. The molecule has 1 nitrogen and oxygen atoms in total. The molecule has 0 saturated carbocycles. The van der Waals surface area contributed by atoms with E-state index in [-0.39, 0.29) is 6.10 Å². The van der Waals surface area contributed by atoms with E-state index in [0.717, 1.165) is 5.75 Å². The first-order valence-electron chi connectivity index (χ1n) is 5.90. The third kappa shape index (κ3) is 3.94. The predicted molar refractivity (Wildman–Crippen MR) is 65.5 cm³/mol. The smallest absolute Gasteiger partial charge is 0.119 e. The van der Waals surface area contributed by atoms with Crippen molar-refractivity contribution >= 4 is 0 Å². The van der Waals surface area contributed by atoms with Gasteiger partial charge in [-0.25, -0.2) is 0 Å². The van der Waals surface area contributed by atoms with Crippen LogP contribution < -0.4 is 4.74 Å². The molecule has 0 bridgehead atoms. The van der Waals surface area contributed by atoms with E-state index in [0.29, 0.717) is 5.92 Å². The molecule has 0 aliphatic carbocycles. The second kappa shape index (κ2) is 5.79. The van der Waals surface area contributed by atoms with Gasteiger partial charge in [-0.2, -0.15) is 0 Å². The van der Waals surface area contributed by atoms with Crippen LogP contribution in [0.4, 0.5) is 0 Å². The van der Waals surface area contributed by atoms with Crippen molar-refractivity contribution in [2.45, 2.75) is 52.6 Å². The van der Waals surface area contributed by atoms with Gasteiger partial charge in [-0.05, 0) is 43.9 Å². The zero-order valence-electron chi connectivity index (χ0n) is 10.3. The number of benzene rings is 1. The van der Waals surface area contributed by atoms with Crippen LogP contribution >= 0.6 is 0 Å². The van der Waals surface area contributed by atoms with Crippen molar-refractivity contribution in [2.75, 3.05) is 0 Å². The third-order valence-corrected chi connectivity index (χ3v) is 2.54. The molecule has 1 unspecified atom stereocenters. The summed E-state index contributed by atoms with van der Waals surface area (Å²) in [6.45, 7) is 8.61. The number of ether oxygens (including phenoxy) is 1. The molecule has 0 saturated heterocycles. The van der Waals surface area contributed by atoms with E-state index in [1.54, 1.807) is 0 Å². The van der Waals surface area contributed by atoms with Crippen LogP contribution in [-0.4, -0.2) is 6.10 Å². The molecule has 0 fully saturated rings. The highest BCUT2D eigenvalue weighted by Gasteiger charge is 2.04. The summed E-state index contributed by atoms with van der Waals surface area (Å²) in [5.74, 6) is 1.63. The standard InChI is InChI=1S/C14H22O/c1-5-6-12(4)13-7-9-14(10-8-13)15-11(2)3/h7-12H,5-6H2,1-4H3. The first-order valence-corrected chi connectivity index (χ1v) is 5.90. The largest absolute Gasteiger partial charge is 0.491 e. The Morgan fingerprint density at radius 1 is 1.07 bits per heavy atom. The highest BCUT2D eigenvalue weighted by Crippen LogP contribution is 2.23. The summed E-state index contributed by atoms with van der Waals surface area (Å²) in [6.07, 6.45) is 2.75. The highest BCUT2D eigenvalue weighted by molar-refractivity contribution is 5.29. The van der Waals surface area contributed by atoms with Gasteiger partial charge in [0.15, 0.2) is 0 Å². The SMILES string of the molecule is CCCC(C)c1ccc(OC(C)C)cc1. The quantitative estimate of drug-likeness (QED) is 0.694. The minimum Gasteiger partial charge on any atom is -0.491 e. The second-order valence-corrected chi connectivity index (χ2v) is 4.43. The van der Waals surface area contributed by atoms with Crippen molar-refractivity contribution in [1.82, 2.24) is 0 Å². The van der Waals surface area contributed by atoms with Crippen LogP contribution in [0.1, 0.15) is 52.0 Å². The Bertz CT molecular complexity index is 274. The summed E-state index contributed by atoms with van der Waals surface area (Å²) in [7, 11) is 0. The fraction of sp³-hybridized carbons (Fsp3) is 0.571. The van der Waals surface area contributed by atoms with E-state index >= 15 is 0 Å².